The van der Waals surface area contributed by atoms with E-state index >= 15 is 0 Å². The molecule has 0 aliphatic heterocycles. The number of halogens is 2. The smallest absolute Gasteiger partial charge is 0.253 e. The normalized spacial score (nSPS) is 23.9. The fourth-order valence-electron chi connectivity index (χ4n) is 1.74. The first kappa shape index (κ1) is 11.7. The molecule has 2 unspecified atom stereocenters. The molecule has 2 rings (SSSR count). The Bertz CT molecular complexity index is 364. The van der Waals surface area contributed by atoms with Gasteiger partial charge in [-0.25, -0.2) is 8.78 Å². The number of benzene rings is 1. The largest absolute Gasteiger partial charge is 0.494 e. The molecular weight excluding hydrogens is 230 g/mol. The van der Waals surface area contributed by atoms with Crippen molar-refractivity contribution in [2.24, 2.45) is 5.92 Å². The Balaban J connectivity index is 2.04. The topological polar surface area (TPSA) is 9.23 Å². The Morgan fingerprint density at radius 2 is 2.00 bits per heavy atom. The maximum atomic E-state index is 12.9. The van der Waals surface area contributed by atoms with Crippen LogP contribution in [-0.4, -0.2) is 12.5 Å². The van der Waals surface area contributed by atoms with Gasteiger partial charge in [-0.15, -0.1) is 0 Å². The molecule has 2 atom stereocenters. The SMILES string of the molecule is CCOc1ccc(C(S)C2CC2(F)F)cc1. The molecule has 0 aromatic heterocycles. The maximum absolute atomic E-state index is 12.9. The van der Waals surface area contributed by atoms with E-state index in [0.717, 1.165) is 11.3 Å². The molecule has 1 aromatic rings. The number of ether oxygens (including phenoxy) is 1. The van der Waals surface area contributed by atoms with Gasteiger partial charge in [0.05, 0.1) is 6.61 Å². The molecule has 1 aliphatic rings. The van der Waals surface area contributed by atoms with Gasteiger partial charge in [-0.3, -0.25) is 0 Å². The summed E-state index contributed by atoms with van der Waals surface area (Å²) in [6.07, 6.45) is -0.0472. The molecule has 0 heterocycles. The molecule has 0 N–H and O–H groups in total. The average Bonchev–Trinajstić information content (AvgIpc) is 2.88. The van der Waals surface area contributed by atoms with Crippen molar-refractivity contribution >= 4 is 12.6 Å². The second-order valence-electron chi connectivity index (χ2n) is 4.02. The van der Waals surface area contributed by atoms with Crippen molar-refractivity contribution in [2.45, 2.75) is 24.5 Å². The molecule has 88 valence electrons. The van der Waals surface area contributed by atoms with Crippen LogP contribution in [0.25, 0.3) is 0 Å². The quantitative estimate of drug-likeness (QED) is 0.794. The molecule has 1 saturated carbocycles. The highest BCUT2D eigenvalue weighted by Crippen LogP contribution is 2.57. The van der Waals surface area contributed by atoms with E-state index in [9.17, 15) is 8.78 Å². The number of thiol groups is 1. The van der Waals surface area contributed by atoms with Crippen molar-refractivity contribution in [2.75, 3.05) is 6.61 Å². The van der Waals surface area contributed by atoms with Crippen molar-refractivity contribution in [1.82, 2.24) is 0 Å². The third-order valence-corrected chi connectivity index (χ3v) is 3.45. The summed E-state index contributed by atoms with van der Waals surface area (Å²) in [5.74, 6) is -2.38. The van der Waals surface area contributed by atoms with E-state index < -0.39 is 11.8 Å². The zero-order valence-corrected chi connectivity index (χ0v) is 9.88. The minimum atomic E-state index is -2.52. The summed E-state index contributed by atoms with van der Waals surface area (Å²) in [4.78, 5) is 0. The lowest BCUT2D eigenvalue weighted by Crippen LogP contribution is -2.01. The van der Waals surface area contributed by atoms with Crippen LogP contribution >= 0.6 is 12.6 Å². The van der Waals surface area contributed by atoms with Crippen LogP contribution in [0.5, 0.6) is 5.75 Å². The van der Waals surface area contributed by atoms with Crippen LogP contribution in [-0.2, 0) is 0 Å². The van der Waals surface area contributed by atoms with Crippen LogP contribution in [0.4, 0.5) is 8.78 Å². The van der Waals surface area contributed by atoms with Crippen LogP contribution in [0.3, 0.4) is 0 Å². The van der Waals surface area contributed by atoms with Crippen molar-refractivity contribution in [3.8, 4) is 5.75 Å². The molecule has 0 amide bonds. The van der Waals surface area contributed by atoms with Gasteiger partial charge < -0.3 is 4.74 Å². The number of hydrogen-bond donors (Lipinski definition) is 1. The second-order valence-corrected chi connectivity index (χ2v) is 4.57. The van der Waals surface area contributed by atoms with Gasteiger partial charge in [0, 0.05) is 17.6 Å². The Morgan fingerprint density at radius 1 is 1.44 bits per heavy atom. The summed E-state index contributed by atoms with van der Waals surface area (Å²) in [6, 6.07) is 7.19. The van der Waals surface area contributed by atoms with Crippen LogP contribution < -0.4 is 4.74 Å². The van der Waals surface area contributed by atoms with E-state index in [0.29, 0.717) is 6.61 Å². The van der Waals surface area contributed by atoms with E-state index in [-0.39, 0.29) is 11.7 Å². The van der Waals surface area contributed by atoms with E-state index in [4.69, 9.17) is 4.74 Å². The molecule has 4 heteroatoms. The molecular formula is C12H14F2OS. The first-order chi connectivity index (χ1) is 7.54. The Morgan fingerprint density at radius 3 is 2.44 bits per heavy atom. The fraction of sp³-hybridized carbons (Fsp3) is 0.500. The van der Waals surface area contributed by atoms with Gasteiger partial charge in [-0.05, 0) is 24.6 Å². The first-order valence-corrected chi connectivity index (χ1v) is 5.85. The monoisotopic (exact) mass is 244 g/mol. The van der Waals surface area contributed by atoms with Crippen LogP contribution in [0.2, 0.25) is 0 Å². The highest BCUT2D eigenvalue weighted by atomic mass is 32.1. The van der Waals surface area contributed by atoms with E-state index in [1.807, 2.05) is 6.92 Å². The highest BCUT2D eigenvalue weighted by Gasteiger charge is 2.59. The summed E-state index contributed by atoms with van der Waals surface area (Å²) < 4.78 is 31.0. The van der Waals surface area contributed by atoms with Crippen molar-refractivity contribution in [3.63, 3.8) is 0 Å². The predicted octanol–water partition coefficient (Wildman–Crippen LogP) is 3.71. The summed E-state index contributed by atoms with van der Waals surface area (Å²) in [6.45, 7) is 2.50. The van der Waals surface area contributed by atoms with E-state index in [1.165, 1.54) is 0 Å². The molecule has 0 radical (unpaired) electrons. The standard InChI is InChI=1S/C12H14F2OS/c1-2-15-9-5-3-8(4-6-9)11(16)10-7-12(10,13)14/h3-6,10-11,16H,2,7H2,1H3. The third-order valence-electron chi connectivity index (χ3n) is 2.79. The Kier molecular flexibility index (Phi) is 3.10. The molecule has 0 spiro atoms. The average molecular weight is 244 g/mol. The predicted molar refractivity (Wildman–Crippen MR) is 62.4 cm³/mol. The van der Waals surface area contributed by atoms with Gasteiger partial charge in [-0.1, -0.05) is 12.1 Å². The lowest BCUT2D eigenvalue weighted by Gasteiger charge is -2.11. The van der Waals surface area contributed by atoms with Gasteiger partial charge >= 0.3 is 0 Å². The minimum Gasteiger partial charge on any atom is -0.494 e. The number of hydrogen-bond acceptors (Lipinski definition) is 2. The van der Waals surface area contributed by atoms with Crippen molar-refractivity contribution in [1.29, 1.82) is 0 Å². The molecule has 0 saturated heterocycles. The molecule has 0 bridgehead atoms. The van der Waals surface area contributed by atoms with Gasteiger partial charge in [0.15, 0.2) is 0 Å². The van der Waals surface area contributed by atoms with E-state index in [2.05, 4.69) is 12.6 Å². The number of alkyl halides is 2. The zero-order valence-electron chi connectivity index (χ0n) is 8.99. The summed E-state index contributed by atoms with van der Waals surface area (Å²) in [7, 11) is 0. The molecule has 1 aliphatic carbocycles. The van der Waals surface area contributed by atoms with Crippen LogP contribution in [0.1, 0.15) is 24.2 Å². The summed E-state index contributed by atoms with van der Waals surface area (Å²) in [5.41, 5.74) is 0.828. The Hall–Kier alpha value is -0.770. The van der Waals surface area contributed by atoms with Gasteiger partial charge in [0.25, 0.3) is 5.92 Å². The van der Waals surface area contributed by atoms with E-state index in [1.54, 1.807) is 24.3 Å². The minimum absolute atomic E-state index is 0.0472. The van der Waals surface area contributed by atoms with Crippen molar-refractivity contribution in [3.05, 3.63) is 29.8 Å². The zero-order chi connectivity index (χ0) is 11.8. The second kappa shape index (κ2) is 4.24. The molecule has 1 nitrogen and oxygen atoms in total. The first-order valence-electron chi connectivity index (χ1n) is 5.33. The Labute approximate surface area is 99.2 Å². The van der Waals surface area contributed by atoms with Crippen molar-refractivity contribution < 1.29 is 13.5 Å². The summed E-state index contributed by atoms with van der Waals surface area (Å²) in [5, 5.41) is -0.384. The highest BCUT2D eigenvalue weighted by molar-refractivity contribution is 7.80. The summed E-state index contributed by atoms with van der Waals surface area (Å²) >= 11 is 4.26. The lowest BCUT2D eigenvalue weighted by molar-refractivity contribution is 0.0984. The molecule has 16 heavy (non-hydrogen) atoms. The van der Waals surface area contributed by atoms with Gasteiger partial charge in [0.1, 0.15) is 5.75 Å². The van der Waals surface area contributed by atoms with Crippen LogP contribution in [0.15, 0.2) is 24.3 Å². The van der Waals surface area contributed by atoms with Gasteiger partial charge in [-0.2, -0.15) is 12.6 Å². The fourth-order valence-corrected chi connectivity index (χ4v) is 2.23. The molecule has 1 aromatic carbocycles. The third kappa shape index (κ3) is 2.32. The number of rotatable bonds is 4. The van der Waals surface area contributed by atoms with Gasteiger partial charge in [0.2, 0.25) is 0 Å². The lowest BCUT2D eigenvalue weighted by atomic mass is 10.1. The van der Waals surface area contributed by atoms with Crippen LogP contribution in [0, 0.1) is 5.92 Å². The maximum Gasteiger partial charge on any atom is 0.253 e. The molecule has 1 fully saturated rings.